The largest absolute Gasteiger partial charge is 0.305 e. The van der Waals surface area contributed by atoms with Gasteiger partial charge in [-0.05, 0) is 80.8 Å². The lowest BCUT2D eigenvalue weighted by Gasteiger charge is -2.28. The van der Waals surface area contributed by atoms with E-state index in [-0.39, 0.29) is 0 Å². The fraction of sp³-hybridized carbons (Fsp3) is 0.450. The third-order valence-electron chi connectivity index (χ3n) is 5.29. The number of likely N-dealkylation sites (N-methyl/N-ethyl adjacent to an activating group) is 1. The van der Waals surface area contributed by atoms with Crippen LogP contribution in [0, 0.1) is 23.2 Å². The summed E-state index contributed by atoms with van der Waals surface area (Å²) in [6.07, 6.45) is 5.41. The lowest BCUT2D eigenvalue weighted by molar-refractivity contribution is 0.413. The van der Waals surface area contributed by atoms with Crippen LogP contribution in [0.3, 0.4) is 0 Å². The van der Waals surface area contributed by atoms with Crippen LogP contribution in [-0.2, 0) is 0 Å². The maximum Gasteiger partial charge on any atom is 0.0992 e. The summed E-state index contributed by atoms with van der Waals surface area (Å²) in [7, 11) is 4.34. The highest BCUT2D eigenvalue weighted by Gasteiger charge is 2.35. The summed E-state index contributed by atoms with van der Waals surface area (Å²) in [6.45, 7) is 1.08. The molecule has 0 spiro atoms. The fourth-order valence-electron chi connectivity index (χ4n) is 4.41. The zero-order valence-electron chi connectivity index (χ0n) is 13.8. The summed E-state index contributed by atoms with van der Waals surface area (Å²) < 4.78 is 1.25. The molecule has 118 valence electrons. The molecule has 2 atom stereocenters. The van der Waals surface area contributed by atoms with Crippen molar-refractivity contribution in [3.63, 3.8) is 0 Å². The molecule has 4 rings (SSSR count). The molecule has 3 heteroatoms. The first-order valence-electron chi connectivity index (χ1n) is 8.44. The minimum absolute atomic E-state index is 0.757. The van der Waals surface area contributed by atoms with E-state index in [1.165, 1.54) is 40.6 Å². The standard InChI is InChI=1S/C20H22N2S/c1-22(2)12-17-8-13-3-6-16(7-13)20(17)19-10-15-5-4-14(11-21)9-18(15)23-19/h4-5,9-10,13,16H,3,6-8,12H2,1-2H3. The predicted molar refractivity (Wildman–Crippen MR) is 97.5 cm³/mol. The molecule has 2 aliphatic rings. The van der Waals surface area contributed by atoms with E-state index in [9.17, 15) is 0 Å². The van der Waals surface area contributed by atoms with Crippen LogP contribution in [0.25, 0.3) is 15.7 Å². The van der Waals surface area contributed by atoms with Crippen LogP contribution in [0.5, 0.6) is 0 Å². The number of thiophene rings is 1. The summed E-state index contributed by atoms with van der Waals surface area (Å²) in [4.78, 5) is 3.75. The van der Waals surface area contributed by atoms with Crippen LogP contribution in [0.4, 0.5) is 0 Å². The maximum atomic E-state index is 9.12. The SMILES string of the molecule is CN(C)CC1=C(c2cc3ccc(C#N)cc3s2)C2CCC(C1)C2. The van der Waals surface area contributed by atoms with Gasteiger partial charge in [0.1, 0.15) is 0 Å². The van der Waals surface area contributed by atoms with Gasteiger partial charge >= 0.3 is 0 Å². The highest BCUT2D eigenvalue weighted by Crippen LogP contribution is 2.50. The number of fused-ring (bicyclic) bond motifs is 3. The van der Waals surface area contributed by atoms with Crippen LogP contribution in [0.15, 0.2) is 29.8 Å². The summed E-state index contributed by atoms with van der Waals surface area (Å²) >= 11 is 1.87. The molecule has 2 bridgehead atoms. The monoisotopic (exact) mass is 322 g/mol. The van der Waals surface area contributed by atoms with Gasteiger partial charge in [-0.3, -0.25) is 0 Å². The van der Waals surface area contributed by atoms with E-state index in [0.29, 0.717) is 0 Å². The summed E-state index contributed by atoms with van der Waals surface area (Å²) in [5.74, 6) is 1.67. The van der Waals surface area contributed by atoms with Crippen molar-refractivity contribution in [3.05, 3.63) is 40.3 Å². The van der Waals surface area contributed by atoms with Crippen molar-refractivity contribution in [3.8, 4) is 6.07 Å². The Bertz CT molecular complexity index is 822. The molecule has 23 heavy (non-hydrogen) atoms. The minimum atomic E-state index is 0.757. The first-order chi connectivity index (χ1) is 11.1. The Morgan fingerprint density at radius 1 is 1.26 bits per heavy atom. The van der Waals surface area contributed by atoms with Gasteiger partial charge in [-0.15, -0.1) is 11.3 Å². The lowest BCUT2D eigenvalue weighted by Crippen LogP contribution is -2.21. The topological polar surface area (TPSA) is 27.0 Å². The van der Waals surface area contributed by atoms with E-state index >= 15 is 0 Å². The third kappa shape index (κ3) is 2.71. The molecule has 1 aromatic carbocycles. The Labute approximate surface area is 142 Å². The van der Waals surface area contributed by atoms with Gasteiger partial charge in [0.2, 0.25) is 0 Å². The predicted octanol–water partition coefficient (Wildman–Crippen LogP) is 4.91. The number of nitrogens with zero attached hydrogens (tertiary/aromatic N) is 2. The summed E-state index contributed by atoms with van der Waals surface area (Å²) in [5, 5.41) is 10.4. The second-order valence-electron chi connectivity index (χ2n) is 7.31. The van der Waals surface area contributed by atoms with Crippen molar-refractivity contribution in [1.82, 2.24) is 4.90 Å². The molecule has 0 radical (unpaired) electrons. The van der Waals surface area contributed by atoms with Gasteiger partial charge in [0, 0.05) is 16.1 Å². The number of hydrogen-bond donors (Lipinski definition) is 0. The molecule has 2 nitrogen and oxygen atoms in total. The molecule has 1 heterocycles. The highest BCUT2D eigenvalue weighted by atomic mass is 32.1. The molecule has 1 saturated carbocycles. The molecule has 2 aromatic rings. The van der Waals surface area contributed by atoms with Crippen molar-refractivity contribution in [2.24, 2.45) is 11.8 Å². The molecule has 2 unspecified atom stereocenters. The first-order valence-corrected chi connectivity index (χ1v) is 9.26. The quantitative estimate of drug-likeness (QED) is 0.803. The normalized spacial score (nSPS) is 23.7. The van der Waals surface area contributed by atoms with Gasteiger partial charge in [0.15, 0.2) is 0 Å². The van der Waals surface area contributed by atoms with Crippen molar-refractivity contribution < 1.29 is 0 Å². The Hall–Kier alpha value is -1.63. The van der Waals surface area contributed by atoms with Crippen LogP contribution in [0.1, 0.15) is 36.1 Å². The van der Waals surface area contributed by atoms with E-state index in [2.05, 4.69) is 37.2 Å². The Morgan fingerprint density at radius 3 is 2.91 bits per heavy atom. The van der Waals surface area contributed by atoms with E-state index < -0.39 is 0 Å². The van der Waals surface area contributed by atoms with Crippen molar-refractivity contribution >= 4 is 27.0 Å². The van der Waals surface area contributed by atoms with E-state index in [1.54, 1.807) is 11.1 Å². The number of rotatable bonds is 3. The minimum Gasteiger partial charge on any atom is -0.305 e. The molecule has 0 N–H and O–H groups in total. The van der Waals surface area contributed by atoms with Crippen LogP contribution >= 0.6 is 11.3 Å². The van der Waals surface area contributed by atoms with Crippen molar-refractivity contribution in [1.29, 1.82) is 5.26 Å². The summed E-state index contributed by atoms with van der Waals surface area (Å²) in [5.41, 5.74) is 4.05. The third-order valence-corrected chi connectivity index (χ3v) is 6.42. The number of benzene rings is 1. The molecule has 0 saturated heterocycles. The van der Waals surface area contributed by atoms with E-state index in [0.717, 1.165) is 23.9 Å². The van der Waals surface area contributed by atoms with Crippen molar-refractivity contribution in [2.75, 3.05) is 20.6 Å². The summed E-state index contributed by atoms with van der Waals surface area (Å²) in [6, 6.07) is 10.7. The Kier molecular flexibility index (Phi) is 3.75. The zero-order chi connectivity index (χ0) is 16.0. The van der Waals surface area contributed by atoms with Gasteiger partial charge in [-0.1, -0.05) is 11.6 Å². The van der Waals surface area contributed by atoms with Crippen LogP contribution < -0.4 is 0 Å². The zero-order valence-corrected chi connectivity index (χ0v) is 14.6. The molecule has 1 aromatic heterocycles. The van der Waals surface area contributed by atoms with E-state index in [1.807, 2.05) is 23.5 Å². The second kappa shape index (κ2) is 5.78. The molecule has 0 amide bonds. The molecular formula is C20H22N2S. The Morgan fingerprint density at radius 2 is 2.13 bits per heavy atom. The molecule has 2 aliphatic carbocycles. The van der Waals surface area contributed by atoms with Gasteiger partial charge in [0.25, 0.3) is 0 Å². The number of nitriles is 1. The first kappa shape index (κ1) is 14.9. The van der Waals surface area contributed by atoms with Crippen LogP contribution in [0.2, 0.25) is 0 Å². The van der Waals surface area contributed by atoms with Gasteiger partial charge < -0.3 is 4.90 Å². The fourth-order valence-corrected chi connectivity index (χ4v) is 5.68. The molecule has 0 aliphatic heterocycles. The average molecular weight is 322 g/mol. The van der Waals surface area contributed by atoms with Gasteiger partial charge in [-0.2, -0.15) is 5.26 Å². The molecular weight excluding hydrogens is 300 g/mol. The van der Waals surface area contributed by atoms with Crippen molar-refractivity contribution in [2.45, 2.75) is 25.7 Å². The Balaban J connectivity index is 1.82. The second-order valence-corrected chi connectivity index (χ2v) is 8.39. The highest BCUT2D eigenvalue weighted by molar-refractivity contribution is 7.20. The average Bonchev–Trinajstić information content (AvgIpc) is 3.10. The van der Waals surface area contributed by atoms with Crippen LogP contribution in [-0.4, -0.2) is 25.5 Å². The smallest absolute Gasteiger partial charge is 0.0992 e. The van der Waals surface area contributed by atoms with Gasteiger partial charge in [0.05, 0.1) is 11.6 Å². The maximum absolute atomic E-state index is 9.12. The molecule has 1 fully saturated rings. The van der Waals surface area contributed by atoms with Gasteiger partial charge in [-0.25, -0.2) is 0 Å². The van der Waals surface area contributed by atoms with E-state index in [4.69, 9.17) is 5.26 Å². The lowest BCUT2D eigenvalue weighted by atomic mass is 9.82. The number of hydrogen-bond acceptors (Lipinski definition) is 3. The number of allylic oxidation sites excluding steroid dienone is 1.